The summed E-state index contributed by atoms with van der Waals surface area (Å²) in [5.41, 5.74) is 8.45. The van der Waals surface area contributed by atoms with Crippen molar-refractivity contribution in [3.63, 3.8) is 0 Å². The Balaban J connectivity index is 1.65. The smallest absolute Gasteiger partial charge is 0.156 e. The molecule has 3 heterocycles. The van der Waals surface area contributed by atoms with Gasteiger partial charge in [-0.3, -0.25) is 0 Å². The summed E-state index contributed by atoms with van der Waals surface area (Å²) in [4.78, 5) is 16.9. The third kappa shape index (κ3) is 2.59. The average Bonchev–Trinajstić information content (AvgIpc) is 3.38. The van der Waals surface area contributed by atoms with Gasteiger partial charge in [0.15, 0.2) is 5.65 Å². The molecule has 0 bridgehead atoms. The van der Waals surface area contributed by atoms with Crippen molar-refractivity contribution in [3.8, 4) is 34.2 Å². The Morgan fingerprint density at radius 2 is 2.00 bits per heavy atom. The zero-order valence-corrected chi connectivity index (χ0v) is 15.6. The van der Waals surface area contributed by atoms with Crippen molar-refractivity contribution in [1.82, 2.24) is 19.9 Å². The number of aromatic nitrogens is 4. The predicted molar refractivity (Wildman–Crippen MR) is 109 cm³/mol. The Bertz CT molecular complexity index is 1380. The molecule has 2 aromatic carbocycles. The molecule has 28 heavy (non-hydrogen) atoms. The molecule has 6 nitrogen and oxygen atoms in total. The van der Waals surface area contributed by atoms with Gasteiger partial charge in [-0.1, -0.05) is 12.1 Å². The number of nitrogens with one attached hydrogen (secondary N) is 1. The molecule has 0 unspecified atom stereocenters. The van der Waals surface area contributed by atoms with Gasteiger partial charge in [0, 0.05) is 17.3 Å². The van der Waals surface area contributed by atoms with Gasteiger partial charge in [0.25, 0.3) is 0 Å². The van der Waals surface area contributed by atoms with E-state index in [0.29, 0.717) is 11.3 Å². The number of fused-ring (bicyclic) bond motifs is 2. The van der Waals surface area contributed by atoms with Gasteiger partial charge in [-0.2, -0.15) is 5.26 Å². The Labute approximate surface area is 164 Å². The van der Waals surface area contributed by atoms with Gasteiger partial charge in [0.1, 0.15) is 17.3 Å². The lowest BCUT2D eigenvalue weighted by Gasteiger charge is -2.06. The van der Waals surface area contributed by atoms with Gasteiger partial charge in [-0.25, -0.2) is 15.0 Å². The van der Waals surface area contributed by atoms with E-state index in [1.807, 2.05) is 36.0 Å². The fraction of sp³-hybridized carbons (Fsp3) is 0.0476. The highest BCUT2D eigenvalue weighted by atomic mass is 32.1. The summed E-state index contributed by atoms with van der Waals surface area (Å²) in [5.74, 6) is 0.520. The number of nitrogens with zero attached hydrogens (tertiary/aromatic N) is 4. The number of hydrogen-bond acceptors (Lipinski definition) is 6. The van der Waals surface area contributed by atoms with Crippen molar-refractivity contribution >= 4 is 32.7 Å². The number of aromatic amines is 1. The third-order valence-electron chi connectivity index (χ3n) is 4.64. The van der Waals surface area contributed by atoms with E-state index < -0.39 is 0 Å². The second kappa shape index (κ2) is 6.44. The average molecular weight is 383 g/mol. The molecule has 7 heteroatoms. The van der Waals surface area contributed by atoms with Gasteiger partial charge in [0.05, 0.1) is 40.3 Å². The van der Waals surface area contributed by atoms with Crippen LogP contribution in [0, 0.1) is 11.3 Å². The normalized spacial score (nSPS) is 11.0. The van der Waals surface area contributed by atoms with Gasteiger partial charge >= 0.3 is 0 Å². The first-order valence-corrected chi connectivity index (χ1v) is 9.41. The molecule has 0 fully saturated rings. The molecule has 1 N–H and O–H groups in total. The number of benzene rings is 2. The van der Waals surface area contributed by atoms with Crippen LogP contribution in [-0.2, 0) is 0 Å². The molecule has 0 saturated heterocycles. The fourth-order valence-electron chi connectivity index (χ4n) is 3.22. The lowest BCUT2D eigenvalue weighted by Crippen LogP contribution is -1.92. The van der Waals surface area contributed by atoms with Gasteiger partial charge in [-0.05, 0) is 29.8 Å². The first kappa shape index (κ1) is 16.4. The predicted octanol–water partition coefficient (Wildman–Crippen LogP) is 4.78. The minimum Gasteiger partial charge on any atom is -0.495 e. The highest BCUT2D eigenvalue weighted by molar-refractivity contribution is 7.16. The van der Waals surface area contributed by atoms with E-state index in [1.165, 1.54) is 0 Å². The minimum absolute atomic E-state index is 0.487. The first-order valence-electron chi connectivity index (χ1n) is 8.53. The van der Waals surface area contributed by atoms with E-state index in [-0.39, 0.29) is 0 Å². The first-order chi connectivity index (χ1) is 13.8. The maximum Gasteiger partial charge on any atom is 0.156 e. The minimum atomic E-state index is 0.487. The summed E-state index contributed by atoms with van der Waals surface area (Å²) in [5, 5.41) is 9.18. The maximum absolute atomic E-state index is 9.18. The Kier molecular flexibility index (Phi) is 3.78. The largest absolute Gasteiger partial charge is 0.495 e. The van der Waals surface area contributed by atoms with Crippen LogP contribution in [0.1, 0.15) is 5.56 Å². The Morgan fingerprint density at radius 1 is 1.11 bits per heavy atom. The number of thiazole rings is 1. The van der Waals surface area contributed by atoms with Crippen molar-refractivity contribution in [2.45, 2.75) is 0 Å². The molecular weight excluding hydrogens is 370 g/mol. The van der Waals surface area contributed by atoms with Gasteiger partial charge in [-0.15, -0.1) is 11.3 Å². The maximum atomic E-state index is 9.18. The monoisotopic (exact) mass is 383 g/mol. The third-order valence-corrected chi connectivity index (χ3v) is 5.43. The van der Waals surface area contributed by atoms with Gasteiger partial charge < -0.3 is 9.72 Å². The van der Waals surface area contributed by atoms with Crippen molar-refractivity contribution < 1.29 is 4.74 Å². The Morgan fingerprint density at radius 3 is 2.86 bits per heavy atom. The lowest BCUT2D eigenvalue weighted by atomic mass is 10.1. The van der Waals surface area contributed by atoms with Gasteiger partial charge in [0.2, 0.25) is 0 Å². The summed E-state index contributed by atoms with van der Waals surface area (Å²) >= 11 is 1.61. The van der Waals surface area contributed by atoms with E-state index in [1.54, 1.807) is 30.7 Å². The van der Waals surface area contributed by atoms with Crippen LogP contribution in [0.4, 0.5) is 0 Å². The number of ether oxygens (including phenoxy) is 1. The summed E-state index contributed by atoms with van der Waals surface area (Å²) in [6.07, 6.45) is 3.64. The van der Waals surface area contributed by atoms with Crippen LogP contribution in [0.3, 0.4) is 0 Å². The van der Waals surface area contributed by atoms with Crippen LogP contribution < -0.4 is 4.74 Å². The molecule has 0 radical (unpaired) electrons. The number of H-pyrrole nitrogens is 1. The molecule has 0 aliphatic carbocycles. The summed E-state index contributed by atoms with van der Waals surface area (Å²) in [7, 11) is 1.55. The number of methoxy groups -OCH3 is 1. The zero-order valence-electron chi connectivity index (χ0n) is 14.8. The fourth-order valence-corrected chi connectivity index (χ4v) is 3.93. The molecule has 5 aromatic rings. The number of rotatable bonds is 3. The summed E-state index contributed by atoms with van der Waals surface area (Å²) < 4.78 is 6.45. The molecule has 0 amide bonds. The van der Waals surface area contributed by atoms with Crippen LogP contribution in [0.25, 0.3) is 43.8 Å². The molecule has 5 rings (SSSR count). The highest BCUT2D eigenvalue weighted by Gasteiger charge is 2.13. The van der Waals surface area contributed by atoms with E-state index in [9.17, 15) is 5.26 Å². The van der Waals surface area contributed by atoms with Crippen LogP contribution in [0.15, 0.2) is 54.3 Å². The second-order valence-corrected chi connectivity index (χ2v) is 7.10. The van der Waals surface area contributed by atoms with Crippen LogP contribution >= 0.6 is 11.3 Å². The highest BCUT2D eigenvalue weighted by Crippen LogP contribution is 2.32. The Hall–Kier alpha value is -3.76. The molecule has 0 saturated carbocycles. The van der Waals surface area contributed by atoms with Crippen LogP contribution in [-0.4, -0.2) is 27.0 Å². The van der Waals surface area contributed by atoms with Crippen LogP contribution in [0.5, 0.6) is 5.75 Å². The molecule has 0 aliphatic rings. The molecule has 0 aliphatic heterocycles. The second-order valence-electron chi connectivity index (χ2n) is 6.22. The van der Waals surface area contributed by atoms with E-state index in [4.69, 9.17) is 9.72 Å². The quantitative estimate of drug-likeness (QED) is 0.484. The van der Waals surface area contributed by atoms with Crippen molar-refractivity contribution in [2.75, 3.05) is 7.11 Å². The summed E-state index contributed by atoms with van der Waals surface area (Å²) in [6.45, 7) is 0. The van der Waals surface area contributed by atoms with E-state index >= 15 is 0 Å². The van der Waals surface area contributed by atoms with Crippen LogP contribution in [0.2, 0.25) is 0 Å². The zero-order chi connectivity index (χ0) is 19.1. The standard InChI is InChI=1S/C21H13N5OS/c1-27-18-6-13(2-3-14(18)8-22)17-10-24-21-20(26-17)15(9-23-21)12-4-5-16-19(7-12)28-11-25-16/h2-7,9-11H,1H3,(H,23,24). The number of hydrogen-bond donors (Lipinski definition) is 1. The summed E-state index contributed by atoms with van der Waals surface area (Å²) in [6, 6.07) is 13.7. The molecule has 3 aromatic heterocycles. The molecule has 0 atom stereocenters. The van der Waals surface area contributed by atoms with Crippen molar-refractivity contribution in [2.24, 2.45) is 0 Å². The van der Waals surface area contributed by atoms with Crippen molar-refractivity contribution in [3.05, 3.63) is 59.9 Å². The lowest BCUT2D eigenvalue weighted by molar-refractivity contribution is 0.413. The number of nitriles is 1. The molecular formula is C21H13N5OS. The van der Waals surface area contributed by atoms with E-state index in [2.05, 4.69) is 27.1 Å². The molecule has 0 spiro atoms. The SMILES string of the molecule is COc1cc(-c2cnc3[nH]cc(-c4ccc5ncsc5c4)c3n2)ccc1C#N. The van der Waals surface area contributed by atoms with Crippen molar-refractivity contribution in [1.29, 1.82) is 5.26 Å². The topological polar surface area (TPSA) is 87.5 Å². The van der Waals surface area contributed by atoms with E-state index in [0.717, 1.165) is 43.8 Å². The molecule has 134 valence electrons.